The van der Waals surface area contributed by atoms with Crippen LogP contribution >= 0.6 is 15.9 Å². The van der Waals surface area contributed by atoms with E-state index in [4.69, 9.17) is 5.26 Å². The van der Waals surface area contributed by atoms with Crippen molar-refractivity contribution in [2.75, 3.05) is 11.4 Å². The average molecular weight is 279 g/mol. The highest BCUT2D eigenvalue weighted by Gasteiger charge is 2.27. The minimum Gasteiger partial charge on any atom is -0.311 e. The molecule has 0 unspecified atom stereocenters. The van der Waals surface area contributed by atoms with Crippen molar-refractivity contribution in [2.24, 2.45) is 0 Å². The highest BCUT2D eigenvalue weighted by atomic mass is 79.9. The number of rotatable bonds is 1. The van der Waals surface area contributed by atoms with Gasteiger partial charge in [0, 0.05) is 12.2 Å². The predicted molar refractivity (Wildman–Crippen MR) is 65.5 cm³/mol. The first-order valence-electron chi connectivity index (χ1n) is 5.18. The molecule has 1 aromatic carbocycles. The number of halogens is 1. The number of carbonyl (C=O) groups excluding carboxylic acids is 1. The summed E-state index contributed by atoms with van der Waals surface area (Å²) < 4.78 is 0. The van der Waals surface area contributed by atoms with Crippen LogP contribution in [0.4, 0.5) is 5.69 Å². The van der Waals surface area contributed by atoms with Crippen molar-refractivity contribution in [1.29, 1.82) is 5.26 Å². The predicted octanol–water partition coefficient (Wildman–Crippen LogP) is 2.45. The summed E-state index contributed by atoms with van der Waals surface area (Å²) in [5, 5.41) is 8.69. The Kier molecular flexibility index (Phi) is 3.25. The molecule has 1 saturated heterocycles. The molecule has 2 rings (SSSR count). The molecule has 1 fully saturated rings. The molecule has 1 amide bonds. The molecule has 16 heavy (non-hydrogen) atoms. The Morgan fingerprint density at radius 3 is 2.69 bits per heavy atom. The van der Waals surface area contributed by atoms with E-state index in [1.54, 1.807) is 17.0 Å². The number of benzene rings is 1. The van der Waals surface area contributed by atoms with E-state index in [-0.39, 0.29) is 10.7 Å². The van der Waals surface area contributed by atoms with Crippen molar-refractivity contribution in [3.63, 3.8) is 0 Å². The van der Waals surface area contributed by atoms with Gasteiger partial charge in [0.1, 0.15) is 0 Å². The quantitative estimate of drug-likeness (QED) is 0.741. The molecule has 0 saturated carbocycles. The van der Waals surface area contributed by atoms with Gasteiger partial charge in [-0.3, -0.25) is 4.79 Å². The van der Waals surface area contributed by atoms with E-state index >= 15 is 0 Å². The Labute approximate surface area is 103 Å². The maximum atomic E-state index is 11.9. The molecular weight excluding hydrogens is 268 g/mol. The molecule has 82 valence electrons. The zero-order valence-electron chi connectivity index (χ0n) is 8.69. The fourth-order valence-electron chi connectivity index (χ4n) is 1.80. The van der Waals surface area contributed by atoms with Gasteiger partial charge in [0.2, 0.25) is 5.91 Å². The zero-order valence-corrected chi connectivity index (χ0v) is 10.3. The molecule has 3 nitrogen and oxygen atoms in total. The van der Waals surface area contributed by atoms with Gasteiger partial charge in [-0.2, -0.15) is 5.26 Å². The number of piperidine rings is 1. The molecule has 0 radical (unpaired) electrons. The van der Waals surface area contributed by atoms with Crippen molar-refractivity contribution >= 4 is 27.5 Å². The molecule has 1 atom stereocenters. The van der Waals surface area contributed by atoms with Gasteiger partial charge in [0.15, 0.2) is 0 Å². The Morgan fingerprint density at radius 1 is 1.38 bits per heavy atom. The average Bonchev–Trinajstić information content (AvgIpc) is 2.33. The van der Waals surface area contributed by atoms with Crippen molar-refractivity contribution in [2.45, 2.75) is 17.7 Å². The van der Waals surface area contributed by atoms with E-state index in [9.17, 15) is 4.79 Å². The molecule has 1 aliphatic rings. The van der Waals surface area contributed by atoms with Gasteiger partial charge < -0.3 is 4.90 Å². The van der Waals surface area contributed by atoms with Gasteiger partial charge in [-0.25, -0.2) is 0 Å². The molecule has 1 heterocycles. The Bertz CT molecular complexity index is 435. The Hall–Kier alpha value is -1.34. The zero-order chi connectivity index (χ0) is 11.5. The maximum absolute atomic E-state index is 11.9. The molecule has 1 aromatic rings. The fraction of sp³-hybridized carbons (Fsp3) is 0.333. The lowest BCUT2D eigenvalue weighted by Crippen LogP contribution is -2.41. The highest BCUT2D eigenvalue weighted by Crippen LogP contribution is 2.24. The van der Waals surface area contributed by atoms with E-state index in [1.807, 2.05) is 12.1 Å². The smallest absolute Gasteiger partial charge is 0.240 e. The molecule has 0 spiro atoms. The number of nitriles is 1. The minimum absolute atomic E-state index is 0.0723. The normalized spacial score (nSPS) is 20.6. The van der Waals surface area contributed by atoms with Crippen molar-refractivity contribution in [3.05, 3.63) is 29.8 Å². The van der Waals surface area contributed by atoms with E-state index in [0.29, 0.717) is 5.56 Å². The van der Waals surface area contributed by atoms with Gasteiger partial charge in [-0.15, -0.1) is 0 Å². The SMILES string of the molecule is N#Cc1ccc(N2CCC[C@H](Br)C2=O)cc1. The molecule has 1 aliphatic heterocycles. The van der Waals surface area contributed by atoms with Gasteiger partial charge in [0.25, 0.3) is 0 Å². The van der Waals surface area contributed by atoms with Gasteiger partial charge in [-0.1, -0.05) is 15.9 Å². The van der Waals surface area contributed by atoms with E-state index in [0.717, 1.165) is 25.1 Å². The largest absolute Gasteiger partial charge is 0.311 e. The topological polar surface area (TPSA) is 44.1 Å². The van der Waals surface area contributed by atoms with Crippen LogP contribution in [0, 0.1) is 11.3 Å². The monoisotopic (exact) mass is 278 g/mol. The molecule has 0 aliphatic carbocycles. The van der Waals surface area contributed by atoms with Crippen LogP contribution in [0.15, 0.2) is 24.3 Å². The van der Waals surface area contributed by atoms with E-state index in [2.05, 4.69) is 22.0 Å². The lowest BCUT2D eigenvalue weighted by atomic mass is 10.1. The lowest BCUT2D eigenvalue weighted by Gasteiger charge is -2.29. The van der Waals surface area contributed by atoms with Gasteiger partial charge >= 0.3 is 0 Å². The van der Waals surface area contributed by atoms with Crippen LogP contribution in [0.25, 0.3) is 0 Å². The van der Waals surface area contributed by atoms with Crippen molar-refractivity contribution in [1.82, 2.24) is 0 Å². The van der Waals surface area contributed by atoms with Crippen LogP contribution in [-0.4, -0.2) is 17.3 Å². The van der Waals surface area contributed by atoms with Crippen LogP contribution in [0.3, 0.4) is 0 Å². The third-order valence-electron chi connectivity index (χ3n) is 2.68. The number of alkyl halides is 1. The molecule has 4 heteroatoms. The summed E-state index contributed by atoms with van der Waals surface area (Å²) >= 11 is 3.38. The maximum Gasteiger partial charge on any atom is 0.240 e. The van der Waals surface area contributed by atoms with Crippen LogP contribution in [-0.2, 0) is 4.79 Å². The van der Waals surface area contributed by atoms with Crippen LogP contribution in [0.1, 0.15) is 18.4 Å². The molecular formula is C12H11BrN2O. The Morgan fingerprint density at radius 2 is 2.06 bits per heavy atom. The number of hydrogen-bond acceptors (Lipinski definition) is 2. The number of amides is 1. The fourth-order valence-corrected chi connectivity index (χ4v) is 2.37. The van der Waals surface area contributed by atoms with Gasteiger partial charge in [0.05, 0.1) is 16.5 Å². The number of hydrogen-bond donors (Lipinski definition) is 0. The summed E-state index contributed by atoms with van der Waals surface area (Å²) in [7, 11) is 0. The van der Waals surface area contributed by atoms with Crippen LogP contribution in [0.5, 0.6) is 0 Å². The number of nitrogens with zero attached hydrogens (tertiary/aromatic N) is 2. The second-order valence-electron chi connectivity index (χ2n) is 3.76. The van der Waals surface area contributed by atoms with E-state index < -0.39 is 0 Å². The van der Waals surface area contributed by atoms with Crippen LogP contribution < -0.4 is 4.90 Å². The van der Waals surface area contributed by atoms with Crippen LogP contribution in [0.2, 0.25) is 0 Å². The van der Waals surface area contributed by atoms with Gasteiger partial charge in [-0.05, 0) is 37.1 Å². The van der Waals surface area contributed by atoms with E-state index in [1.165, 1.54) is 0 Å². The second kappa shape index (κ2) is 4.67. The van der Waals surface area contributed by atoms with Crippen molar-refractivity contribution < 1.29 is 4.79 Å². The summed E-state index contributed by atoms with van der Waals surface area (Å²) in [5.41, 5.74) is 1.48. The van der Waals surface area contributed by atoms with Crippen molar-refractivity contribution in [3.8, 4) is 6.07 Å². The molecule has 0 bridgehead atoms. The third-order valence-corrected chi connectivity index (χ3v) is 3.53. The first kappa shape index (κ1) is 11.2. The first-order chi connectivity index (χ1) is 7.72. The molecule has 0 aromatic heterocycles. The number of carbonyl (C=O) groups is 1. The third kappa shape index (κ3) is 2.10. The number of anilines is 1. The standard InChI is InChI=1S/C12H11BrN2O/c13-11-2-1-7-15(12(11)16)10-5-3-9(8-14)4-6-10/h3-6,11H,1-2,7H2/t11-/m0/s1. The summed E-state index contributed by atoms with van der Waals surface area (Å²) in [4.78, 5) is 13.6. The summed E-state index contributed by atoms with van der Waals surface area (Å²) in [6.07, 6.45) is 1.90. The minimum atomic E-state index is -0.0723. The lowest BCUT2D eigenvalue weighted by molar-refractivity contribution is -0.118. The summed E-state index contributed by atoms with van der Waals surface area (Å²) in [5.74, 6) is 0.107. The first-order valence-corrected chi connectivity index (χ1v) is 6.09. The molecule has 0 N–H and O–H groups in total. The summed E-state index contributed by atoms with van der Waals surface area (Å²) in [6, 6.07) is 9.18. The second-order valence-corrected chi connectivity index (χ2v) is 4.86. The summed E-state index contributed by atoms with van der Waals surface area (Å²) in [6.45, 7) is 0.757. The Balaban J connectivity index is 2.23. The highest BCUT2D eigenvalue weighted by molar-refractivity contribution is 9.10.